The molecule has 0 aliphatic carbocycles. The van der Waals surface area contributed by atoms with Crippen molar-refractivity contribution in [2.24, 2.45) is 0 Å². The van der Waals surface area contributed by atoms with Gasteiger partial charge in [0.2, 0.25) is 0 Å². The lowest BCUT2D eigenvalue weighted by molar-refractivity contribution is 0.0828. The van der Waals surface area contributed by atoms with Crippen LogP contribution in [0, 0.1) is 0 Å². The lowest BCUT2D eigenvalue weighted by Gasteiger charge is -2.19. The van der Waals surface area contributed by atoms with Gasteiger partial charge in [0.05, 0.1) is 10.6 Å². The molecule has 0 aromatic heterocycles. The molecule has 5 heteroatoms. The summed E-state index contributed by atoms with van der Waals surface area (Å²) < 4.78 is 0. The van der Waals surface area contributed by atoms with E-state index in [0.717, 1.165) is 12.1 Å². The van der Waals surface area contributed by atoms with E-state index in [9.17, 15) is 4.79 Å². The maximum atomic E-state index is 12.0. The number of carbonyl (C=O) groups is 1. The minimum Gasteiger partial charge on any atom is -0.381 e. The molecule has 2 rings (SSSR count). The van der Waals surface area contributed by atoms with Crippen LogP contribution in [0.2, 0.25) is 5.02 Å². The molecule has 1 aromatic rings. The van der Waals surface area contributed by atoms with E-state index in [2.05, 4.69) is 12.2 Å². The molecule has 1 fully saturated rings. The number of carbonyl (C=O) groups excluding carboxylic acids is 1. The number of hydrogen-bond acceptors (Lipinski definition) is 3. The molecule has 3 nitrogen and oxygen atoms in total. The maximum Gasteiger partial charge on any atom is 0.254 e. The van der Waals surface area contributed by atoms with E-state index in [-0.39, 0.29) is 5.91 Å². The van der Waals surface area contributed by atoms with Gasteiger partial charge in [-0.25, -0.2) is 0 Å². The van der Waals surface area contributed by atoms with Crippen molar-refractivity contribution < 1.29 is 4.79 Å². The normalized spacial score (nSPS) is 22.3. The van der Waals surface area contributed by atoms with Gasteiger partial charge in [-0.2, -0.15) is 11.8 Å². The summed E-state index contributed by atoms with van der Waals surface area (Å²) in [6.07, 6.45) is 1.16. The Morgan fingerprint density at radius 2 is 2.21 bits per heavy atom. The van der Waals surface area contributed by atoms with E-state index in [0.29, 0.717) is 21.9 Å². The summed E-state index contributed by atoms with van der Waals surface area (Å²) in [6.45, 7) is 2.23. The number of halogens is 1. The number of benzene rings is 1. The van der Waals surface area contributed by atoms with Crippen LogP contribution in [-0.4, -0.2) is 41.9 Å². The minimum absolute atomic E-state index is 0.0671. The fourth-order valence-corrected chi connectivity index (χ4v) is 3.55. The van der Waals surface area contributed by atoms with E-state index in [4.69, 9.17) is 11.6 Å². The first-order chi connectivity index (χ1) is 8.99. The average molecular weight is 299 g/mol. The first kappa shape index (κ1) is 14.5. The van der Waals surface area contributed by atoms with E-state index in [1.54, 1.807) is 25.1 Å². The van der Waals surface area contributed by atoms with Crippen LogP contribution in [0.4, 0.5) is 5.69 Å². The molecular weight excluding hydrogens is 280 g/mol. The van der Waals surface area contributed by atoms with Crippen LogP contribution in [-0.2, 0) is 0 Å². The van der Waals surface area contributed by atoms with Crippen molar-refractivity contribution in [1.82, 2.24) is 4.90 Å². The number of anilines is 1. The molecule has 1 aromatic carbocycles. The zero-order chi connectivity index (χ0) is 14.0. The topological polar surface area (TPSA) is 32.3 Å². The van der Waals surface area contributed by atoms with Gasteiger partial charge in [0.25, 0.3) is 5.91 Å². The average Bonchev–Trinajstić information content (AvgIpc) is 2.76. The molecule has 19 heavy (non-hydrogen) atoms. The molecule has 2 atom stereocenters. The van der Waals surface area contributed by atoms with Crippen molar-refractivity contribution in [3.05, 3.63) is 28.8 Å². The highest BCUT2D eigenvalue weighted by atomic mass is 35.5. The first-order valence-corrected chi connectivity index (χ1v) is 7.81. The van der Waals surface area contributed by atoms with Crippen molar-refractivity contribution in [2.45, 2.75) is 24.6 Å². The SMILES string of the molecule is CC1SCCC1Nc1ccc(Cl)c(C(=O)N(C)C)c1. The number of rotatable bonds is 3. The Hall–Kier alpha value is -0.870. The molecule has 1 aliphatic rings. The van der Waals surface area contributed by atoms with Crippen molar-refractivity contribution in [3.8, 4) is 0 Å². The molecule has 0 bridgehead atoms. The predicted octanol–water partition coefficient (Wildman–Crippen LogP) is 3.35. The molecule has 104 valence electrons. The van der Waals surface area contributed by atoms with Crippen LogP contribution in [0.25, 0.3) is 0 Å². The Morgan fingerprint density at radius 3 is 2.79 bits per heavy atom. The van der Waals surface area contributed by atoms with Gasteiger partial charge in [-0.3, -0.25) is 4.79 Å². The number of nitrogens with zero attached hydrogens (tertiary/aromatic N) is 1. The largest absolute Gasteiger partial charge is 0.381 e. The van der Waals surface area contributed by atoms with E-state index < -0.39 is 0 Å². The summed E-state index contributed by atoms with van der Waals surface area (Å²) in [5.74, 6) is 1.12. The van der Waals surface area contributed by atoms with Crippen molar-refractivity contribution in [3.63, 3.8) is 0 Å². The zero-order valence-corrected chi connectivity index (χ0v) is 13.0. The summed E-state index contributed by atoms with van der Waals surface area (Å²) in [6, 6.07) is 6.03. The minimum atomic E-state index is -0.0671. The molecule has 1 saturated heterocycles. The van der Waals surface area contributed by atoms with E-state index >= 15 is 0 Å². The third-order valence-electron chi connectivity index (χ3n) is 3.33. The summed E-state index contributed by atoms with van der Waals surface area (Å²) in [5, 5.41) is 4.60. The molecule has 1 heterocycles. The molecule has 1 aliphatic heterocycles. The van der Waals surface area contributed by atoms with Crippen LogP contribution >= 0.6 is 23.4 Å². The van der Waals surface area contributed by atoms with Gasteiger partial charge >= 0.3 is 0 Å². The number of hydrogen-bond donors (Lipinski definition) is 1. The van der Waals surface area contributed by atoms with Gasteiger partial charge in [-0.1, -0.05) is 18.5 Å². The highest BCUT2D eigenvalue weighted by Gasteiger charge is 2.24. The standard InChI is InChI=1S/C14H19ClN2OS/c1-9-13(6-7-19-9)16-10-4-5-12(15)11(8-10)14(18)17(2)3/h4-5,8-9,13,16H,6-7H2,1-3H3. The molecule has 0 radical (unpaired) electrons. The van der Waals surface area contributed by atoms with Gasteiger partial charge in [-0.05, 0) is 30.4 Å². The number of thioether (sulfide) groups is 1. The quantitative estimate of drug-likeness (QED) is 0.929. The van der Waals surface area contributed by atoms with Gasteiger partial charge in [0, 0.05) is 31.1 Å². The van der Waals surface area contributed by atoms with Crippen LogP contribution in [0.15, 0.2) is 18.2 Å². The summed E-state index contributed by atoms with van der Waals surface area (Å²) in [7, 11) is 3.46. The van der Waals surface area contributed by atoms with E-state index in [1.165, 1.54) is 5.75 Å². The Bertz CT molecular complexity index is 479. The Morgan fingerprint density at radius 1 is 1.47 bits per heavy atom. The van der Waals surface area contributed by atoms with E-state index in [1.807, 2.05) is 23.9 Å². The molecule has 0 spiro atoms. The van der Waals surface area contributed by atoms with Gasteiger partial charge in [0.15, 0.2) is 0 Å². The third kappa shape index (κ3) is 3.37. The van der Waals surface area contributed by atoms with Gasteiger partial charge < -0.3 is 10.2 Å². The Balaban J connectivity index is 2.18. The van der Waals surface area contributed by atoms with Crippen molar-refractivity contribution >= 4 is 35.0 Å². The summed E-state index contributed by atoms with van der Waals surface area (Å²) >= 11 is 8.08. The lowest BCUT2D eigenvalue weighted by atomic mass is 10.1. The second kappa shape index (κ2) is 6.06. The Labute approximate surface area is 123 Å². The lowest BCUT2D eigenvalue weighted by Crippen LogP contribution is -2.25. The molecule has 2 unspecified atom stereocenters. The van der Waals surface area contributed by atoms with Crippen LogP contribution in [0.1, 0.15) is 23.7 Å². The van der Waals surface area contributed by atoms with Crippen LogP contribution in [0.5, 0.6) is 0 Å². The highest BCUT2D eigenvalue weighted by Crippen LogP contribution is 2.30. The molecular formula is C14H19ClN2OS. The maximum absolute atomic E-state index is 12.0. The van der Waals surface area contributed by atoms with Crippen molar-refractivity contribution in [2.75, 3.05) is 25.2 Å². The fourth-order valence-electron chi connectivity index (χ4n) is 2.16. The van der Waals surface area contributed by atoms with Crippen LogP contribution < -0.4 is 5.32 Å². The third-order valence-corrected chi connectivity index (χ3v) is 4.99. The predicted molar refractivity (Wildman–Crippen MR) is 83.4 cm³/mol. The second-order valence-electron chi connectivity index (χ2n) is 5.01. The smallest absolute Gasteiger partial charge is 0.254 e. The van der Waals surface area contributed by atoms with Gasteiger partial charge in [0.1, 0.15) is 0 Å². The zero-order valence-electron chi connectivity index (χ0n) is 11.4. The monoisotopic (exact) mass is 298 g/mol. The molecule has 1 N–H and O–H groups in total. The Kier molecular flexibility index (Phi) is 4.63. The van der Waals surface area contributed by atoms with Crippen molar-refractivity contribution in [1.29, 1.82) is 0 Å². The number of amides is 1. The first-order valence-electron chi connectivity index (χ1n) is 6.38. The highest BCUT2D eigenvalue weighted by molar-refractivity contribution is 8.00. The van der Waals surface area contributed by atoms with Gasteiger partial charge in [-0.15, -0.1) is 0 Å². The summed E-state index contributed by atoms with van der Waals surface area (Å²) in [4.78, 5) is 13.6. The summed E-state index contributed by atoms with van der Waals surface area (Å²) in [5.41, 5.74) is 1.52. The fraction of sp³-hybridized carbons (Fsp3) is 0.500. The molecule has 0 saturated carbocycles. The number of nitrogens with one attached hydrogen (secondary N) is 1. The second-order valence-corrected chi connectivity index (χ2v) is 6.90. The molecule has 1 amide bonds. The van der Waals surface area contributed by atoms with Crippen LogP contribution in [0.3, 0.4) is 0 Å².